The summed E-state index contributed by atoms with van der Waals surface area (Å²) < 4.78 is 22.2. The Morgan fingerprint density at radius 3 is 2.36 bits per heavy atom. The molecule has 0 fully saturated rings. The monoisotopic (exact) mass is 227 g/mol. The van der Waals surface area contributed by atoms with E-state index in [0.717, 1.165) is 5.56 Å². The molecule has 0 unspecified atom stereocenters. The first kappa shape index (κ1) is 11.0. The molecule has 14 heavy (non-hydrogen) atoms. The standard InChI is InChI=1S/C9H9NO2S2/c1-14(11,12)9-4-2-8(3-5-9)6-10-7-13/h2-5H,6H2,1H3. The molecule has 0 saturated carbocycles. The van der Waals surface area contributed by atoms with Crippen LogP contribution < -0.4 is 0 Å². The van der Waals surface area contributed by atoms with E-state index in [1.807, 2.05) is 0 Å². The lowest BCUT2D eigenvalue weighted by Gasteiger charge is -1.99. The van der Waals surface area contributed by atoms with Gasteiger partial charge in [-0.3, -0.25) is 0 Å². The topological polar surface area (TPSA) is 46.5 Å². The van der Waals surface area contributed by atoms with Gasteiger partial charge in [0.05, 0.1) is 16.6 Å². The Morgan fingerprint density at radius 1 is 1.36 bits per heavy atom. The molecule has 1 rings (SSSR count). The third kappa shape index (κ3) is 3.03. The maximum atomic E-state index is 11.1. The summed E-state index contributed by atoms with van der Waals surface area (Å²) in [7, 11) is -3.11. The van der Waals surface area contributed by atoms with Crippen LogP contribution in [0.3, 0.4) is 0 Å². The lowest BCUT2D eigenvalue weighted by molar-refractivity contribution is 0.602. The molecule has 3 nitrogen and oxygen atoms in total. The summed E-state index contributed by atoms with van der Waals surface area (Å²) >= 11 is 4.42. The predicted octanol–water partition coefficient (Wildman–Crippen LogP) is 1.69. The van der Waals surface area contributed by atoms with E-state index in [1.165, 1.54) is 6.26 Å². The SMILES string of the molecule is CS(=O)(=O)c1ccc(CN=C=S)cc1. The normalized spacial score (nSPS) is 10.6. The molecule has 0 aliphatic heterocycles. The smallest absolute Gasteiger partial charge is 0.175 e. The zero-order chi connectivity index (χ0) is 10.6. The summed E-state index contributed by atoms with van der Waals surface area (Å²) in [5.41, 5.74) is 0.912. The molecule has 0 radical (unpaired) electrons. The Bertz CT molecular complexity index is 456. The number of hydrogen-bond donors (Lipinski definition) is 0. The average molecular weight is 227 g/mol. The van der Waals surface area contributed by atoms with Crippen LogP contribution in [0.4, 0.5) is 0 Å². The Balaban J connectivity index is 2.95. The summed E-state index contributed by atoms with van der Waals surface area (Å²) in [4.78, 5) is 4.06. The zero-order valence-electron chi connectivity index (χ0n) is 7.60. The number of rotatable bonds is 3. The first-order valence-electron chi connectivity index (χ1n) is 3.86. The number of thiocarbonyl (C=S) groups is 1. The number of benzene rings is 1. The van der Waals surface area contributed by atoms with Crippen molar-refractivity contribution in [1.82, 2.24) is 0 Å². The summed E-state index contributed by atoms with van der Waals surface area (Å²) in [5, 5.41) is 2.25. The maximum absolute atomic E-state index is 11.1. The summed E-state index contributed by atoms with van der Waals surface area (Å²) in [6, 6.07) is 6.55. The fraction of sp³-hybridized carbons (Fsp3) is 0.222. The maximum Gasteiger partial charge on any atom is 0.175 e. The average Bonchev–Trinajstić information content (AvgIpc) is 2.14. The quantitative estimate of drug-likeness (QED) is 0.583. The largest absolute Gasteiger partial charge is 0.228 e. The van der Waals surface area contributed by atoms with Crippen molar-refractivity contribution in [1.29, 1.82) is 0 Å². The van der Waals surface area contributed by atoms with Gasteiger partial charge in [-0.05, 0) is 29.9 Å². The van der Waals surface area contributed by atoms with Crippen LogP contribution in [0.5, 0.6) is 0 Å². The molecule has 0 N–H and O–H groups in total. The van der Waals surface area contributed by atoms with Gasteiger partial charge in [-0.25, -0.2) is 13.4 Å². The number of isothiocyanates is 1. The molecule has 5 heteroatoms. The van der Waals surface area contributed by atoms with Gasteiger partial charge in [-0.1, -0.05) is 12.1 Å². The van der Waals surface area contributed by atoms with Crippen molar-refractivity contribution in [3.63, 3.8) is 0 Å². The highest BCUT2D eigenvalue weighted by Gasteiger charge is 2.05. The van der Waals surface area contributed by atoms with Crippen molar-refractivity contribution >= 4 is 27.2 Å². The molecule has 0 saturated heterocycles. The molecular formula is C9H9NO2S2. The molecule has 0 bridgehead atoms. The van der Waals surface area contributed by atoms with Gasteiger partial charge in [-0.2, -0.15) is 0 Å². The van der Waals surface area contributed by atoms with Crippen LogP contribution in [0, 0.1) is 0 Å². The van der Waals surface area contributed by atoms with Gasteiger partial charge in [0.15, 0.2) is 9.84 Å². The second kappa shape index (κ2) is 4.46. The van der Waals surface area contributed by atoms with Gasteiger partial charge in [-0.15, -0.1) is 0 Å². The second-order valence-electron chi connectivity index (χ2n) is 2.82. The first-order valence-corrected chi connectivity index (χ1v) is 6.16. The van der Waals surface area contributed by atoms with E-state index in [-0.39, 0.29) is 0 Å². The van der Waals surface area contributed by atoms with Gasteiger partial charge >= 0.3 is 0 Å². The Kier molecular flexibility index (Phi) is 3.52. The van der Waals surface area contributed by atoms with Crippen molar-refractivity contribution < 1.29 is 8.42 Å². The minimum atomic E-state index is -3.11. The molecule has 0 heterocycles. The van der Waals surface area contributed by atoms with E-state index in [1.54, 1.807) is 24.3 Å². The Morgan fingerprint density at radius 2 is 1.93 bits per heavy atom. The molecule has 1 aromatic rings. The van der Waals surface area contributed by atoms with E-state index >= 15 is 0 Å². The van der Waals surface area contributed by atoms with Crippen LogP contribution in [0.25, 0.3) is 0 Å². The van der Waals surface area contributed by atoms with Crippen molar-refractivity contribution in [3.8, 4) is 0 Å². The molecule has 1 aromatic carbocycles. The van der Waals surface area contributed by atoms with Gasteiger partial charge < -0.3 is 0 Å². The molecule has 0 aliphatic rings. The highest BCUT2D eigenvalue weighted by Crippen LogP contribution is 2.10. The fourth-order valence-corrected chi connectivity index (χ4v) is 1.66. The van der Waals surface area contributed by atoms with Gasteiger partial charge in [0.25, 0.3) is 0 Å². The summed E-state index contributed by atoms with van der Waals surface area (Å²) in [6.45, 7) is 0.438. The van der Waals surface area contributed by atoms with E-state index in [9.17, 15) is 8.42 Å². The van der Waals surface area contributed by atoms with E-state index in [4.69, 9.17) is 0 Å². The van der Waals surface area contributed by atoms with Crippen LogP contribution in [-0.4, -0.2) is 19.8 Å². The van der Waals surface area contributed by atoms with Crippen molar-refractivity contribution in [2.45, 2.75) is 11.4 Å². The minimum Gasteiger partial charge on any atom is -0.228 e. The number of hydrogen-bond acceptors (Lipinski definition) is 4. The van der Waals surface area contributed by atoms with Crippen molar-refractivity contribution in [2.24, 2.45) is 4.99 Å². The van der Waals surface area contributed by atoms with Crippen LogP contribution in [-0.2, 0) is 16.4 Å². The molecule has 74 valence electrons. The van der Waals surface area contributed by atoms with Crippen LogP contribution in [0.2, 0.25) is 0 Å². The lowest BCUT2D eigenvalue weighted by atomic mass is 10.2. The molecule has 0 atom stereocenters. The Labute approximate surface area is 88.4 Å². The zero-order valence-corrected chi connectivity index (χ0v) is 9.23. The molecule has 0 spiro atoms. The van der Waals surface area contributed by atoms with Crippen LogP contribution >= 0.6 is 12.2 Å². The summed E-state index contributed by atoms with van der Waals surface area (Å²) in [6.07, 6.45) is 1.18. The lowest BCUT2D eigenvalue weighted by Crippen LogP contribution is -1.96. The highest BCUT2D eigenvalue weighted by molar-refractivity contribution is 7.90. The molecular weight excluding hydrogens is 218 g/mol. The van der Waals surface area contributed by atoms with Gasteiger partial charge in [0, 0.05) is 6.26 Å². The van der Waals surface area contributed by atoms with E-state index in [0.29, 0.717) is 11.4 Å². The van der Waals surface area contributed by atoms with Crippen LogP contribution in [0.15, 0.2) is 34.2 Å². The van der Waals surface area contributed by atoms with Crippen LogP contribution in [0.1, 0.15) is 5.56 Å². The number of aliphatic imine (C=N–C) groups is 1. The van der Waals surface area contributed by atoms with Crippen molar-refractivity contribution in [2.75, 3.05) is 6.26 Å². The number of nitrogens with zero attached hydrogens (tertiary/aromatic N) is 1. The third-order valence-electron chi connectivity index (χ3n) is 1.68. The Hall–Kier alpha value is -1.03. The number of sulfone groups is 1. The highest BCUT2D eigenvalue weighted by atomic mass is 32.2. The second-order valence-corrected chi connectivity index (χ2v) is 5.02. The predicted molar refractivity (Wildman–Crippen MR) is 58.3 cm³/mol. The summed E-state index contributed by atoms with van der Waals surface area (Å²) in [5.74, 6) is 0. The fourth-order valence-electron chi connectivity index (χ4n) is 0.966. The van der Waals surface area contributed by atoms with E-state index < -0.39 is 9.84 Å². The van der Waals surface area contributed by atoms with Gasteiger partial charge in [0.1, 0.15) is 0 Å². The van der Waals surface area contributed by atoms with Gasteiger partial charge in [0.2, 0.25) is 0 Å². The molecule has 0 aromatic heterocycles. The third-order valence-corrected chi connectivity index (χ3v) is 2.94. The molecule has 0 aliphatic carbocycles. The first-order chi connectivity index (χ1) is 6.54. The minimum absolute atomic E-state index is 0.313. The van der Waals surface area contributed by atoms with E-state index in [2.05, 4.69) is 22.4 Å². The van der Waals surface area contributed by atoms with Crippen molar-refractivity contribution in [3.05, 3.63) is 29.8 Å². The molecule has 0 amide bonds.